The van der Waals surface area contributed by atoms with Crippen molar-refractivity contribution >= 4 is 45.6 Å². The van der Waals surface area contributed by atoms with E-state index in [0.717, 1.165) is 42.7 Å². The van der Waals surface area contributed by atoms with Crippen molar-refractivity contribution in [2.24, 2.45) is 0 Å². The first kappa shape index (κ1) is 23.3. The Balaban J connectivity index is 1.48. The van der Waals surface area contributed by atoms with E-state index in [1.807, 2.05) is 60.4 Å². The standard InChI is InChI=1S/C25H27ClN4O2S/c1-18-9-10-20(26)15-21(18)27-25-28-22(17-33-25)24(32)30(16-19-7-3-2-4-8-19)14-11-23(31)29-12-5-6-13-29/h2-4,7-10,15,17H,5-6,11-14,16H2,1H3,(H,27,28). The molecule has 2 aromatic carbocycles. The maximum absolute atomic E-state index is 13.4. The van der Waals surface area contributed by atoms with Gasteiger partial charge in [0.1, 0.15) is 5.69 Å². The van der Waals surface area contributed by atoms with Crippen LogP contribution in [0, 0.1) is 6.92 Å². The number of halogens is 1. The third-order valence-corrected chi connectivity index (χ3v) is 6.72. The smallest absolute Gasteiger partial charge is 0.273 e. The molecule has 1 fully saturated rings. The molecule has 1 aromatic heterocycles. The lowest BCUT2D eigenvalue weighted by Gasteiger charge is -2.23. The number of carbonyl (C=O) groups is 2. The van der Waals surface area contributed by atoms with E-state index in [1.54, 1.807) is 10.3 Å². The van der Waals surface area contributed by atoms with Crippen molar-refractivity contribution in [2.45, 2.75) is 32.7 Å². The number of anilines is 2. The molecule has 172 valence electrons. The van der Waals surface area contributed by atoms with Crippen LogP contribution in [0.1, 0.15) is 40.9 Å². The van der Waals surface area contributed by atoms with E-state index in [9.17, 15) is 9.59 Å². The zero-order valence-corrected chi connectivity index (χ0v) is 20.2. The summed E-state index contributed by atoms with van der Waals surface area (Å²) in [5.74, 6) is -0.0735. The van der Waals surface area contributed by atoms with E-state index in [4.69, 9.17) is 11.6 Å². The van der Waals surface area contributed by atoms with Crippen molar-refractivity contribution in [2.75, 3.05) is 25.0 Å². The highest BCUT2D eigenvalue weighted by molar-refractivity contribution is 7.14. The van der Waals surface area contributed by atoms with E-state index >= 15 is 0 Å². The third-order valence-electron chi connectivity index (χ3n) is 5.72. The van der Waals surface area contributed by atoms with Gasteiger partial charge in [-0.3, -0.25) is 9.59 Å². The minimum Gasteiger partial charge on any atom is -0.343 e. The Morgan fingerprint density at radius 2 is 1.91 bits per heavy atom. The number of aromatic nitrogens is 1. The van der Waals surface area contributed by atoms with Gasteiger partial charge in [0.15, 0.2) is 5.13 Å². The molecule has 4 rings (SSSR count). The number of nitrogens with one attached hydrogen (secondary N) is 1. The summed E-state index contributed by atoms with van der Waals surface area (Å²) in [6, 6.07) is 15.4. The van der Waals surface area contributed by atoms with Gasteiger partial charge in [-0.15, -0.1) is 11.3 Å². The molecule has 8 heteroatoms. The zero-order valence-electron chi connectivity index (χ0n) is 18.6. The Kier molecular flexibility index (Phi) is 7.62. The molecule has 3 aromatic rings. The van der Waals surface area contributed by atoms with Crippen LogP contribution in [0.25, 0.3) is 0 Å². The van der Waals surface area contributed by atoms with Crippen LogP contribution in [0.2, 0.25) is 5.02 Å². The van der Waals surface area contributed by atoms with Gasteiger partial charge < -0.3 is 15.1 Å². The van der Waals surface area contributed by atoms with Gasteiger partial charge in [0.25, 0.3) is 5.91 Å². The van der Waals surface area contributed by atoms with E-state index in [2.05, 4.69) is 10.3 Å². The summed E-state index contributed by atoms with van der Waals surface area (Å²) in [4.78, 5) is 34.1. The summed E-state index contributed by atoms with van der Waals surface area (Å²) in [5, 5.41) is 6.26. The molecule has 0 radical (unpaired) electrons. The molecule has 6 nitrogen and oxygen atoms in total. The van der Waals surface area contributed by atoms with Gasteiger partial charge in [0.05, 0.1) is 0 Å². The Hall–Kier alpha value is -2.90. The second-order valence-electron chi connectivity index (χ2n) is 8.17. The molecule has 0 aliphatic carbocycles. The number of likely N-dealkylation sites (tertiary alicyclic amines) is 1. The molecule has 2 heterocycles. The summed E-state index contributed by atoms with van der Waals surface area (Å²) >= 11 is 7.48. The maximum atomic E-state index is 13.4. The second-order valence-corrected chi connectivity index (χ2v) is 9.47. The zero-order chi connectivity index (χ0) is 23.2. The van der Waals surface area contributed by atoms with E-state index in [0.29, 0.717) is 35.4 Å². The topological polar surface area (TPSA) is 65.5 Å². The number of carbonyl (C=O) groups excluding carboxylic acids is 2. The van der Waals surface area contributed by atoms with E-state index < -0.39 is 0 Å². The Labute approximate surface area is 203 Å². The van der Waals surface area contributed by atoms with Gasteiger partial charge in [0, 0.05) is 48.7 Å². The molecule has 0 spiro atoms. The van der Waals surface area contributed by atoms with Gasteiger partial charge in [-0.1, -0.05) is 48.0 Å². The first-order valence-electron chi connectivity index (χ1n) is 11.1. The van der Waals surface area contributed by atoms with Crippen molar-refractivity contribution in [3.05, 3.63) is 75.8 Å². The highest BCUT2D eigenvalue weighted by atomic mass is 35.5. The summed E-state index contributed by atoms with van der Waals surface area (Å²) < 4.78 is 0. The molecule has 1 aliphatic rings. The average Bonchev–Trinajstić information content (AvgIpc) is 3.52. The van der Waals surface area contributed by atoms with Crippen molar-refractivity contribution < 1.29 is 9.59 Å². The Morgan fingerprint density at radius 1 is 1.15 bits per heavy atom. The van der Waals surface area contributed by atoms with Crippen LogP contribution in [-0.4, -0.2) is 46.2 Å². The number of hydrogen-bond acceptors (Lipinski definition) is 5. The lowest BCUT2D eigenvalue weighted by molar-refractivity contribution is -0.130. The molecule has 2 amide bonds. The summed E-state index contributed by atoms with van der Waals surface area (Å²) in [6.45, 7) is 4.40. The van der Waals surface area contributed by atoms with Crippen LogP contribution in [0.5, 0.6) is 0 Å². The monoisotopic (exact) mass is 482 g/mol. The average molecular weight is 483 g/mol. The predicted molar refractivity (Wildman–Crippen MR) is 133 cm³/mol. The highest BCUT2D eigenvalue weighted by Gasteiger charge is 2.23. The van der Waals surface area contributed by atoms with Crippen LogP contribution in [0.3, 0.4) is 0 Å². The van der Waals surface area contributed by atoms with Crippen molar-refractivity contribution in [3.8, 4) is 0 Å². The van der Waals surface area contributed by atoms with E-state index in [1.165, 1.54) is 11.3 Å². The van der Waals surface area contributed by atoms with Crippen molar-refractivity contribution in [1.82, 2.24) is 14.8 Å². The Bertz CT molecular complexity index is 1110. The van der Waals surface area contributed by atoms with Gasteiger partial charge in [-0.05, 0) is 43.0 Å². The molecule has 0 unspecified atom stereocenters. The largest absolute Gasteiger partial charge is 0.343 e. The fourth-order valence-electron chi connectivity index (χ4n) is 3.85. The molecular formula is C25H27ClN4O2S. The van der Waals surface area contributed by atoms with E-state index in [-0.39, 0.29) is 11.8 Å². The minimum absolute atomic E-state index is 0.107. The lowest BCUT2D eigenvalue weighted by Crippen LogP contribution is -2.36. The second kappa shape index (κ2) is 10.8. The summed E-state index contributed by atoms with van der Waals surface area (Å²) in [5.41, 5.74) is 3.27. The van der Waals surface area contributed by atoms with Gasteiger partial charge >= 0.3 is 0 Å². The lowest BCUT2D eigenvalue weighted by atomic mass is 10.2. The summed E-state index contributed by atoms with van der Waals surface area (Å²) in [7, 11) is 0. The molecule has 1 N–H and O–H groups in total. The van der Waals surface area contributed by atoms with Crippen LogP contribution >= 0.6 is 22.9 Å². The third kappa shape index (κ3) is 6.12. The molecule has 1 aliphatic heterocycles. The van der Waals surface area contributed by atoms with Crippen LogP contribution in [-0.2, 0) is 11.3 Å². The fourth-order valence-corrected chi connectivity index (χ4v) is 4.72. The maximum Gasteiger partial charge on any atom is 0.273 e. The minimum atomic E-state index is -0.180. The number of benzene rings is 2. The van der Waals surface area contributed by atoms with Crippen LogP contribution in [0.4, 0.5) is 10.8 Å². The highest BCUT2D eigenvalue weighted by Crippen LogP contribution is 2.27. The molecule has 33 heavy (non-hydrogen) atoms. The van der Waals surface area contributed by atoms with Gasteiger partial charge in [-0.2, -0.15) is 0 Å². The fraction of sp³-hybridized carbons (Fsp3) is 0.320. The molecule has 1 saturated heterocycles. The Morgan fingerprint density at radius 3 is 2.67 bits per heavy atom. The number of amides is 2. The first-order chi connectivity index (χ1) is 16.0. The SMILES string of the molecule is Cc1ccc(Cl)cc1Nc1nc(C(=O)N(CCC(=O)N2CCCC2)Cc2ccccc2)cs1. The molecule has 0 atom stereocenters. The van der Waals surface area contributed by atoms with Crippen LogP contribution in [0.15, 0.2) is 53.9 Å². The normalized spacial score (nSPS) is 13.2. The number of hydrogen-bond donors (Lipinski definition) is 1. The molecule has 0 saturated carbocycles. The number of thiazole rings is 1. The molecule has 0 bridgehead atoms. The van der Waals surface area contributed by atoms with Crippen molar-refractivity contribution in [3.63, 3.8) is 0 Å². The van der Waals surface area contributed by atoms with Crippen molar-refractivity contribution in [1.29, 1.82) is 0 Å². The van der Waals surface area contributed by atoms with Crippen LogP contribution < -0.4 is 5.32 Å². The number of nitrogens with zero attached hydrogens (tertiary/aromatic N) is 3. The quantitative estimate of drug-likeness (QED) is 0.460. The first-order valence-corrected chi connectivity index (χ1v) is 12.3. The number of rotatable bonds is 8. The van der Waals surface area contributed by atoms with Gasteiger partial charge in [-0.25, -0.2) is 4.98 Å². The predicted octanol–water partition coefficient (Wildman–Crippen LogP) is 5.50. The molecular weight excluding hydrogens is 456 g/mol. The number of aryl methyl sites for hydroxylation is 1. The van der Waals surface area contributed by atoms with Gasteiger partial charge in [0.2, 0.25) is 5.91 Å². The summed E-state index contributed by atoms with van der Waals surface area (Å²) in [6.07, 6.45) is 2.42.